The van der Waals surface area contributed by atoms with Crippen LogP contribution in [-0.4, -0.2) is 43.1 Å². The maximum atomic E-state index is 11.2. The normalized spacial score (nSPS) is 15.6. The largest absolute Gasteiger partial charge is 0.491 e. The highest BCUT2D eigenvalue weighted by molar-refractivity contribution is 5.80. The molecule has 2 atom stereocenters. The van der Waals surface area contributed by atoms with E-state index in [2.05, 4.69) is 5.32 Å². The third-order valence-electron chi connectivity index (χ3n) is 2.71. The molecule has 20 heavy (non-hydrogen) atoms. The summed E-state index contributed by atoms with van der Waals surface area (Å²) in [6.07, 6.45) is -0.817. The second kappa shape index (κ2) is 6.44. The van der Waals surface area contributed by atoms with Gasteiger partial charge in [-0.2, -0.15) is 0 Å². The van der Waals surface area contributed by atoms with Crippen molar-refractivity contribution in [3.8, 4) is 17.2 Å². The van der Waals surface area contributed by atoms with Gasteiger partial charge in [0, 0.05) is 12.6 Å². The summed E-state index contributed by atoms with van der Waals surface area (Å²) in [5, 5.41) is 12.2. The highest BCUT2D eigenvalue weighted by atomic mass is 16.7. The summed E-state index contributed by atoms with van der Waals surface area (Å²) >= 11 is 0. The molecule has 0 radical (unpaired) electrons. The zero-order valence-electron chi connectivity index (χ0n) is 11.2. The van der Waals surface area contributed by atoms with Gasteiger partial charge in [-0.25, -0.2) is 0 Å². The first-order valence-electron chi connectivity index (χ1n) is 6.30. The number of carbonyl (C=O) groups is 1. The first kappa shape index (κ1) is 14.4. The monoisotopic (exact) mass is 282 g/mol. The van der Waals surface area contributed by atoms with Crippen molar-refractivity contribution < 1.29 is 24.1 Å². The van der Waals surface area contributed by atoms with Gasteiger partial charge in [-0.3, -0.25) is 4.79 Å². The van der Waals surface area contributed by atoms with Crippen LogP contribution in [0.25, 0.3) is 0 Å². The lowest BCUT2D eigenvalue weighted by Crippen LogP contribution is -2.42. The van der Waals surface area contributed by atoms with Crippen LogP contribution in [0.4, 0.5) is 0 Å². The molecular weight excluding hydrogens is 264 g/mol. The molecule has 1 aromatic rings. The fourth-order valence-electron chi connectivity index (χ4n) is 1.60. The molecule has 0 fully saturated rings. The Morgan fingerprint density at radius 2 is 2.25 bits per heavy atom. The van der Waals surface area contributed by atoms with Crippen molar-refractivity contribution in [2.75, 3.05) is 19.9 Å². The van der Waals surface area contributed by atoms with Gasteiger partial charge >= 0.3 is 0 Å². The second-order valence-corrected chi connectivity index (χ2v) is 4.51. The van der Waals surface area contributed by atoms with Crippen LogP contribution in [0.2, 0.25) is 0 Å². The molecule has 0 spiro atoms. The number of aliphatic hydroxyl groups is 1. The van der Waals surface area contributed by atoms with E-state index in [9.17, 15) is 9.90 Å². The molecule has 7 nitrogen and oxygen atoms in total. The van der Waals surface area contributed by atoms with Crippen molar-refractivity contribution in [2.45, 2.75) is 19.1 Å². The van der Waals surface area contributed by atoms with Crippen LogP contribution in [0.5, 0.6) is 17.2 Å². The lowest BCUT2D eigenvalue weighted by Gasteiger charge is -2.14. The van der Waals surface area contributed by atoms with Gasteiger partial charge in [-0.15, -0.1) is 0 Å². The number of hydrogen-bond donors (Lipinski definition) is 3. The molecule has 110 valence electrons. The van der Waals surface area contributed by atoms with E-state index < -0.39 is 12.1 Å². The molecule has 0 bridgehead atoms. The summed E-state index contributed by atoms with van der Waals surface area (Å²) in [5.41, 5.74) is 5.39. The Labute approximate surface area is 116 Å². The number of amides is 1. The second-order valence-electron chi connectivity index (χ2n) is 4.51. The van der Waals surface area contributed by atoms with Gasteiger partial charge in [-0.05, 0) is 19.1 Å². The molecule has 4 N–H and O–H groups in total. The predicted octanol–water partition coefficient (Wildman–Crippen LogP) is -0.382. The van der Waals surface area contributed by atoms with Crippen molar-refractivity contribution in [1.82, 2.24) is 5.32 Å². The molecule has 0 aliphatic carbocycles. The molecule has 1 aliphatic rings. The van der Waals surface area contributed by atoms with E-state index in [-0.39, 0.29) is 25.9 Å². The maximum Gasteiger partial charge on any atom is 0.236 e. The molecule has 0 saturated carbocycles. The number of benzene rings is 1. The zero-order valence-corrected chi connectivity index (χ0v) is 11.2. The van der Waals surface area contributed by atoms with Gasteiger partial charge in [0.1, 0.15) is 18.5 Å². The first-order valence-corrected chi connectivity index (χ1v) is 6.30. The molecule has 1 heterocycles. The molecule has 1 aromatic carbocycles. The summed E-state index contributed by atoms with van der Waals surface area (Å²) in [6, 6.07) is 4.55. The van der Waals surface area contributed by atoms with Gasteiger partial charge in [0.15, 0.2) is 11.5 Å². The average Bonchev–Trinajstić information content (AvgIpc) is 2.89. The average molecular weight is 282 g/mol. The van der Waals surface area contributed by atoms with Crippen LogP contribution < -0.4 is 25.3 Å². The molecule has 2 rings (SSSR count). The summed E-state index contributed by atoms with van der Waals surface area (Å²) in [6.45, 7) is 1.92. The van der Waals surface area contributed by atoms with Crippen LogP contribution in [0.15, 0.2) is 18.2 Å². The number of ether oxygens (including phenoxy) is 3. The van der Waals surface area contributed by atoms with Crippen molar-refractivity contribution in [1.29, 1.82) is 0 Å². The third-order valence-corrected chi connectivity index (χ3v) is 2.71. The first-order chi connectivity index (χ1) is 9.56. The molecular formula is C13H18N2O5. The Kier molecular flexibility index (Phi) is 4.65. The molecule has 1 unspecified atom stereocenters. The number of fused-ring (bicyclic) bond motifs is 1. The van der Waals surface area contributed by atoms with Crippen LogP contribution in [0.1, 0.15) is 6.92 Å². The molecule has 1 aliphatic heterocycles. The quantitative estimate of drug-likeness (QED) is 0.657. The Balaban J connectivity index is 1.76. The number of aliphatic hydroxyl groups excluding tert-OH is 1. The van der Waals surface area contributed by atoms with Gasteiger partial charge in [0.2, 0.25) is 12.7 Å². The number of nitrogens with one attached hydrogen (secondary N) is 1. The zero-order chi connectivity index (χ0) is 14.5. The number of nitrogens with two attached hydrogens (primary N) is 1. The topological polar surface area (TPSA) is 103 Å². The van der Waals surface area contributed by atoms with E-state index in [1.807, 2.05) is 0 Å². The summed E-state index contributed by atoms with van der Waals surface area (Å²) < 4.78 is 15.8. The predicted molar refractivity (Wildman–Crippen MR) is 70.7 cm³/mol. The molecule has 0 saturated heterocycles. The number of carbonyl (C=O) groups excluding carboxylic acids is 1. The van der Waals surface area contributed by atoms with Gasteiger partial charge in [0.25, 0.3) is 0 Å². The van der Waals surface area contributed by atoms with Crippen molar-refractivity contribution in [3.63, 3.8) is 0 Å². The molecule has 1 amide bonds. The van der Waals surface area contributed by atoms with E-state index in [1.54, 1.807) is 25.1 Å². The smallest absolute Gasteiger partial charge is 0.236 e. The minimum Gasteiger partial charge on any atom is -0.491 e. The fraction of sp³-hybridized carbons (Fsp3) is 0.462. The van der Waals surface area contributed by atoms with Gasteiger partial charge < -0.3 is 30.4 Å². The van der Waals surface area contributed by atoms with E-state index in [4.69, 9.17) is 19.9 Å². The standard InChI is InChI=1S/C13H18N2O5/c1-8(14)13(17)15-5-9(16)6-18-10-2-3-11-12(4-10)20-7-19-11/h2-4,8-9,16H,5-7,14H2,1H3,(H,15,17)/t8-,9?/m0/s1. The van der Waals surface area contributed by atoms with E-state index in [0.717, 1.165) is 0 Å². The molecule has 0 aromatic heterocycles. The van der Waals surface area contributed by atoms with Crippen LogP contribution in [0, 0.1) is 0 Å². The summed E-state index contributed by atoms with van der Waals surface area (Å²) in [7, 11) is 0. The van der Waals surface area contributed by atoms with Crippen molar-refractivity contribution >= 4 is 5.91 Å². The Morgan fingerprint density at radius 3 is 3.00 bits per heavy atom. The highest BCUT2D eigenvalue weighted by Gasteiger charge is 2.15. The fourth-order valence-corrected chi connectivity index (χ4v) is 1.60. The highest BCUT2D eigenvalue weighted by Crippen LogP contribution is 2.35. The third kappa shape index (κ3) is 3.75. The lowest BCUT2D eigenvalue weighted by molar-refractivity contribution is -0.122. The SMILES string of the molecule is C[C@H](N)C(=O)NCC(O)COc1ccc2c(c1)OCO2. The van der Waals surface area contributed by atoms with Crippen LogP contribution in [0.3, 0.4) is 0 Å². The van der Waals surface area contributed by atoms with Gasteiger partial charge in [-0.1, -0.05) is 0 Å². The van der Waals surface area contributed by atoms with E-state index in [0.29, 0.717) is 17.2 Å². The summed E-state index contributed by atoms with van der Waals surface area (Å²) in [4.78, 5) is 11.2. The number of rotatable bonds is 6. The Morgan fingerprint density at radius 1 is 1.50 bits per heavy atom. The summed E-state index contributed by atoms with van der Waals surface area (Å²) in [5.74, 6) is 1.53. The van der Waals surface area contributed by atoms with Gasteiger partial charge in [0.05, 0.1) is 6.04 Å². The van der Waals surface area contributed by atoms with Crippen LogP contribution in [-0.2, 0) is 4.79 Å². The maximum absolute atomic E-state index is 11.2. The minimum atomic E-state index is -0.817. The van der Waals surface area contributed by atoms with E-state index >= 15 is 0 Å². The number of hydrogen-bond acceptors (Lipinski definition) is 6. The molecule has 7 heteroatoms. The van der Waals surface area contributed by atoms with Crippen LogP contribution >= 0.6 is 0 Å². The van der Waals surface area contributed by atoms with Crippen molar-refractivity contribution in [2.24, 2.45) is 5.73 Å². The lowest BCUT2D eigenvalue weighted by atomic mass is 10.3. The minimum absolute atomic E-state index is 0.0544. The Hall–Kier alpha value is -1.99. The Bertz CT molecular complexity index is 478. The van der Waals surface area contributed by atoms with E-state index in [1.165, 1.54) is 0 Å². The van der Waals surface area contributed by atoms with Crippen molar-refractivity contribution in [3.05, 3.63) is 18.2 Å².